The Labute approximate surface area is 97.6 Å². The molecule has 0 fully saturated rings. The second kappa shape index (κ2) is 7.44. The summed E-state index contributed by atoms with van der Waals surface area (Å²) in [7, 11) is -2.84. The third-order valence-corrected chi connectivity index (χ3v) is 3.02. The first-order valence-electron chi connectivity index (χ1n) is 5.33. The summed E-state index contributed by atoms with van der Waals surface area (Å²) in [5, 5.41) is 0. The van der Waals surface area contributed by atoms with E-state index in [9.17, 15) is 13.2 Å². The number of esters is 1. The van der Waals surface area contributed by atoms with Crippen molar-refractivity contribution < 1.29 is 17.9 Å². The molecule has 0 N–H and O–H groups in total. The van der Waals surface area contributed by atoms with Gasteiger partial charge in [-0.15, -0.1) is 0 Å². The number of unbranched alkanes of at least 4 members (excludes halogenated alkanes) is 3. The molecular formula is C11H20O4S. The first-order valence-corrected chi connectivity index (χ1v) is 7.39. The quantitative estimate of drug-likeness (QED) is 0.373. The molecule has 0 aromatic carbocycles. The van der Waals surface area contributed by atoms with Crippen molar-refractivity contribution in [1.82, 2.24) is 0 Å². The van der Waals surface area contributed by atoms with E-state index >= 15 is 0 Å². The van der Waals surface area contributed by atoms with Gasteiger partial charge in [0, 0.05) is 17.6 Å². The maximum absolute atomic E-state index is 11.0. The molecule has 0 aliphatic rings. The minimum atomic E-state index is -2.84. The Hall–Kier alpha value is -0.840. The van der Waals surface area contributed by atoms with Crippen LogP contribution in [0.2, 0.25) is 0 Å². The highest BCUT2D eigenvalue weighted by Gasteiger charge is 2.03. The van der Waals surface area contributed by atoms with Gasteiger partial charge in [-0.2, -0.15) is 0 Å². The normalized spacial score (nSPS) is 11.1. The van der Waals surface area contributed by atoms with Crippen molar-refractivity contribution in [1.29, 1.82) is 0 Å². The van der Waals surface area contributed by atoms with Gasteiger partial charge in [-0.1, -0.05) is 19.4 Å². The number of hydrogen-bond donors (Lipinski definition) is 0. The highest BCUT2D eigenvalue weighted by molar-refractivity contribution is 7.90. The lowest BCUT2D eigenvalue weighted by Crippen LogP contribution is -2.06. The molecule has 0 bridgehead atoms. The molecule has 0 aliphatic carbocycles. The first-order chi connectivity index (χ1) is 7.33. The average Bonchev–Trinajstić information content (AvgIpc) is 2.14. The fourth-order valence-electron chi connectivity index (χ4n) is 1.11. The van der Waals surface area contributed by atoms with Crippen molar-refractivity contribution in [3.05, 3.63) is 12.2 Å². The molecule has 4 nitrogen and oxygen atoms in total. The van der Waals surface area contributed by atoms with Crippen LogP contribution >= 0.6 is 0 Å². The van der Waals surface area contributed by atoms with Crippen LogP contribution in [-0.2, 0) is 19.4 Å². The van der Waals surface area contributed by atoms with Gasteiger partial charge in [0.05, 0.1) is 6.61 Å². The fourth-order valence-corrected chi connectivity index (χ4v) is 1.84. The summed E-state index contributed by atoms with van der Waals surface area (Å²) in [6, 6.07) is 0. The van der Waals surface area contributed by atoms with E-state index in [-0.39, 0.29) is 11.7 Å². The van der Waals surface area contributed by atoms with Crippen molar-refractivity contribution in [3.8, 4) is 0 Å². The van der Waals surface area contributed by atoms with Gasteiger partial charge in [0.25, 0.3) is 0 Å². The predicted molar refractivity (Wildman–Crippen MR) is 64.0 cm³/mol. The van der Waals surface area contributed by atoms with E-state index in [1.165, 1.54) is 6.26 Å². The van der Waals surface area contributed by atoms with Gasteiger partial charge in [-0.25, -0.2) is 13.2 Å². The molecular weight excluding hydrogens is 228 g/mol. The van der Waals surface area contributed by atoms with E-state index < -0.39 is 9.84 Å². The Balaban J connectivity index is 3.35. The summed E-state index contributed by atoms with van der Waals surface area (Å²) in [6.07, 6.45) is 4.40. The van der Waals surface area contributed by atoms with Crippen molar-refractivity contribution in [3.63, 3.8) is 0 Å². The molecule has 0 atom stereocenters. The maximum Gasteiger partial charge on any atom is 0.333 e. The topological polar surface area (TPSA) is 60.4 Å². The van der Waals surface area contributed by atoms with Gasteiger partial charge in [0.15, 0.2) is 0 Å². The van der Waals surface area contributed by atoms with Gasteiger partial charge in [-0.05, 0) is 19.8 Å². The van der Waals surface area contributed by atoms with E-state index in [1.807, 2.05) is 0 Å². The monoisotopic (exact) mass is 248 g/mol. The van der Waals surface area contributed by atoms with Crippen molar-refractivity contribution in [2.45, 2.75) is 32.6 Å². The molecule has 94 valence electrons. The molecule has 0 spiro atoms. The summed E-state index contributed by atoms with van der Waals surface area (Å²) in [5.41, 5.74) is 0.400. The molecule has 16 heavy (non-hydrogen) atoms. The molecule has 0 aliphatic heterocycles. The zero-order chi connectivity index (χ0) is 12.6. The van der Waals surface area contributed by atoms with Crippen LogP contribution in [0.4, 0.5) is 0 Å². The third kappa shape index (κ3) is 9.71. The second-order valence-electron chi connectivity index (χ2n) is 3.96. The summed E-state index contributed by atoms with van der Waals surface area (Å²) >= 11 is 0. The van der Waals surface area contributed by atoms with E-state index in [0.29, 0.717) is 18.6 Å². The summed E-state index contributed by atoms with van der Waals surface area (Å²) in [5.74, 6) is -0.130. The molecule has 0 radical (unpaired) electrons. The van der Waals surface area contributed by atoms with Crippen LogP contribution in [0, 0.1) is 0 Å². The number of hydrogen-bond acceptors (Lipinski definition) is 4. The van der Waals surface area contributed by atoms with Crippen LogP contribution in [0.5, 0.6) is 0 Å². The number of rotatable bonds is 8. The summed E-state index contributed by atoms with van der Waals surface area (Å²) < 4.78 is 26.5. The second-order valence-corrected chi connectivity index (χ2v) is 6.22. The fraction of sp³-hybridized carbons (Fsp3) is 0.727. The van der Waals surface area contributed by atoms with Crippen molar-refractivity contribution >= 4 is 15.8 Å². The van der Waals surface area contributed by atoms with Gasteiger partial charge >= 0.3 is 5.97 Å². The minimum Gasteiger partial charge on any atom is -0.462 e. The Morgan fingerprint density at radius 3 is 2.25 bits per heavy atom. The third-order valence-electron chi connectivity index (χ3n) is 1.99. The Kier molecular flexibility index (Phi) is 7.05. The smallest absolute Gasteiger partial charge is 0.333 e. The number of sulfone groups is 1. The van der Waals surface area contributed by atoms with Gasteiger partial charge < -0.3 is 4.74 Å². The van der Waals surface area contributed by atoms with E-state index in [0.717, 1.165) is 19.3 Å². The molecule has 0 aromatic heterocycles. The van der Waals surface area contributed by atoms with Crippen LogP contribution in [0.1, 0.15) is 32.6 Å². The van der Waals surface area contributed by atoms with Crippen molar-refractivity contribution in [2.24, 2.45) is 0 Å². The number of carbonyl (C=O) groups is 1. The lowest BCUT2D eigenvalue weighted by molar-refractivity contribution is -0.139. The standard InChI is InChI=1S/C11H20O4S/c1-10(2)11(12)15-8-6-4-5-7-9-16(3,13)14/h1,4-9H2,2-3H3. The van der Waals surface area contributed by atoms with E-state index in [2.05, 4.69) is 6.58 Å². The van der Waals surface area contributed by atoms with E-state index in [1.54, 1.807) is 6.92 Å². The molecule has 0 rings (SSSR count). The Bertz CT molecular complexity index is 330. The minimum absolute atomic E-state index is 0.235. The first kappa shape index (κ1) is 15.2. The van der Waals surface area contributed by atoms with Gasteiger partial charge in [0.1, 0.15) is 9.84 Å². The highest BCUT2D eigenvalue weighted by atomic mass is 32.2. The highest BCUT2D eigenvalue weighted by Crippen LogP contribution is 2.03. The van der Waals surface area contributed by atoms with Gasteiger partial charge in [0.2, 0.25) is 0 Å². The Morgan fingerprint density at radius 2 is 1.75 bits per heavy atom. The molecule has 0 unspecified atom stereocenters. The van der Waals surface area contributed by atoms with Crippen LogP contribution < -0.4 is 0 Å². The van der Waals surface area contributed by atoms with Crippen LogP contribution in [-0.4, -0.2) is 33.0 Å². The molecule has 0 saturated carbocycles. The van der Waals surface area contributed by atoms with Crippen LogP contribution in [0.25, 0.3) is 0 Å². The largest absolute Gasteiger partial charge is 0.462 e. The molecule has 0 heterocycles. The molecule has 0 saturated heterocycles. The summed E-state index contributed by atoms with van der Waals surface area (Å²) in [6.45, 7) is 5.45. The number of carbonyl (C=O) groups excluding carboxylic acids is 1. The van der Waals surface area contributed by atoms with Gasteiger partial charge in [-0.3, -0.25) is 0 Å². The maximum atomic E-state index is 11.0. The lowest BCUT2D eigenvalue weighted by atomic mass is 10.2. The zero-order valence-electron chi connectivity index (χ0n) is 9.99. The van der Waals surface area contributed by atoms with Crippen molar-refractivity contribution in [2.75, 3.05) is 18.6 Å². The predicted octanol–water partition coefficient (Wildman–Crippen LogP) is 1.71. The molecule has 0 aromatic rings. The zero-order valence-corrected chi connectivity index (χ0v) is 10.8. The lowest BCUT2D eigenvalue weighted by Gasteiger charge is -2.03. The van der Waals surface area contributed by atoms with Crippen LogP contribution in [0.3, 0.4) is 0 Å². The SMILES string of the molecule is C=C(C)C(=O)OCCCCCCS(C)(=O)=O. The number of ether oxygens (including phenoxy) is 1. The van der Waals surface area contributed by atoms with Crippen LogP contribution in [0.15, 0.2) is 12.2 Å². The average molecular weight is 248 g/mol. The molecule has 0 amide bonds. The van der Waals surface area contributed by atoms with E-state index in [4.69, 9.17) is 4.74 Å². The Morgan fingerprint density at radius 1 is 1.19 bits per heavy atom. The molecule has 5 heteroatoms. The summed E-state index contributed by atoms with van der Waals surface area (Å²) in [4.78, 5) is 11.0.